The normalized spacial score (nSPS) is 26.1. The summed E-state index contributed by atoms with van der Waals surface area (Å²) in [6.45, 7) is 6.10. The number of rotatable bonds is 5. The Hall–Kier alpha value is -1.00. The van der Waals surface area contributed by atoms with Gasteiger partial charge in [-0.25, -0.2) is 0 Å². The number of thioether (sulfide) groups is 1. The maximum atomic E-state index is 11.6. The zero-order chi connectivity index (χ0) is 14.8. The van der Waals surface area contributed by atoms with Crippen LogP contribution in [0.2, 0.25) is 0 Å². The molecule has 20 heavy (non-hydrogen) atoms. The van der Waals surface area contributed by atoms with Gasteiger partial charge in [0.25, 0.3) is 0 Å². The van der Waals surface area contributed by atoms with Crippen LogP contribution in [-0.2, 0) is 4.79 Å². The molecular formula is C16H23NO2S. The third-order valence-corrected chi connectivity index (χ3v) is 5.00. The Kier molecular flexibility index (Phi) is 4.76. The van der Waals surface area contributed by atoms with Crippen LogP contribution in [0.15, 0.2) is 29.2 Å². The summed E-state index contributed by atoms with van der Waals surface area (Å²) in [6.07, 6.45) is 2.35. The van der Waals surface area contributed by atoms with Crippen molar-refractivity contribution in [2.75, 3.05) is 0 Å². The summed E-state index contributed by atoms with van der Waals surface area (Å²) in [4.78, 5) is 12.9. The second-order valence-electron chi connectivity index (χ2n) is 5.99. The minimum atomic E-state index is -0.740. The van der Waals surface area contributed by atoms with Gasteiger partial charge in [0, 0.05) is 16.2 Å². The van der Waals surface area contributed by atoms with E-state index in [1.807, 2.05) is 25.6 Å². The van der Waals surface area contributed by atoms with Crippen molar-refractivity contribution >= 4 is 17.7 Å². The zero-order valence-electron chi connectivity index (χ0n) is 12.3. The molecule has 0 bridgehead atoms. The van der Waals surface area contributed by atoms with E-state index in [1.54, 1.807) is 0 Å². The van der Waals surface area contributed by atoms with Crippen LogP contribution in [0, 0.1) is 6.92 Å². The number of aryl methyl sites for hydroxylation is 1. The van der Waals surface area contributed by atoms with Crippen LogP contribution in [0.25, 0.3) is 0 Å². The summed E-state index contributed by atoms with van der Waals surface area (Å²) in [6, 6.07) is 8.61. The van der Waals surface area contributed by atoms with Crippen molar-refractivity contribution in [1.29, 1.82) is 0 Å². The van der Waals surface area contributed by atoms with E-state index in [1.165, 1.54) is 10.5 Å². The van der Waals surface area contributed by atoms with Crippen LogP contribution in [0.5, 0.6) is 0 Å². The standard InChI is InChI=1S/C16H23NO2S/c1-11(2)17-16(15(18)19)8-7-14(10-16)20-13-6-4-5-12(3)9-13/h4-6,9,11,14,17H,7-8,10H2,1-3H3,(H,18,19). The predicted octanol–water partition coefficient (Wildman–Crippen LogP) is 3.46. The molecule has 1 aliphatic carbocycles. The first-order valence-electron chi connectivity index (χ1n) is 7.16. The molecule has 0 radical (unpaired) electrons. The van der Waals surface area contributed by atoms with Crippen LogP contribution in [-0.4, -0.2) is 27.9 Å². The molecule has 1 saturated carbocycles. The van der Waals surface area contributed by atoms with Gasteiger partial charge in [-0.05, 0) is 52.2 Å². The third-order valence-electron chi connectivity index (χ3n) is 3.74. The molecule has 0 amide bonds. The number of carboxylic acids is 1. The Bertz CT molecular complexity index is 489. The molecule has 1 aromatic carbocycles. The molecule has 2 unspecified atom stereocenters. The second-order valence-corrected chi connectivity index (χ2v) is 7.36. The summed E-state index contributed by atoms with van der Waals surface area (Å²) in [5, 5.41) is 13.2. The molecular weight excluding hydrogens is 270 g/mol. The van der Waals surface area contributed by atoms with Crippen LogP contribution in [0.4, 0.5) is 0 Å². The van der Waals surface area contributed by atoms with Crippen LogP contribution in [0.3, 0.4) is 0 Å². The quantitative estimate of drug-likeness (QED) is 0.873. The molecule has 2 N–H and O–H groups in total. The molecule has 3 nitrogen and oxygen atoms in total. The van der Waals surface area contributed by atoms with Crippen molar-refractivity contribution in [3.63, 3.8) is 0 Å². The highest BCUT2D eigenvalue weighted by atomic mass is 32.2. The van der Waals surface area contributed by atoms with E-state index in [2.05, 4.69) is 36.5 Å². The van der Waals surface area contributed by atoms with Gasteiger partial charge in [-0.15, -0.1) is 11.8 Å². The Labute approximate surface area is 125 Å². The van der Waals surface area contributed by atoms with E-state index in [9.17, 15) is 9.90 Å². The van der Waals surface area contributed by atoms with E-state index in [0.29, 0.717) is 18.1 Å². The lowest BCUT2D eigenvalue weighted by Crippen LogP contribution is -2.53. The van der Waals surface area contributed by atoms with Gasteiger partial charge in [0.1, 0.15) is 5.54 Å². The summed E-state index contributed by atoms with van der Waals surface area (Å²) >= 11 is 1.81. The lowest BCUT2D eigenvalue weighted by Gasteiger charge is -2.28. The number of aliphatic carboxylic acids is 1. The number of carboxylic acid groups (broad SMARTS) is 1. The fraction of sp³-hybridized carbons (Fsp3) is 0.562. The molecule has 1 aromatic rings. The lowest BCUT2D eigenvalue weighted by molar-refractivity contribution is -0.145. The summed E-state index contributed by atoms with van der Waals surface area (Å²) < 4.78 is 0. The van der Waals surface area contributed by atoms with Gasteiger partial charge in [-0.3, -0.25) is 10.1 Å². The molecule has 1 fully saturated rings. The number of hydrogen-bond acceptors (Lipinski definition) is 3. The highest BCUT2D eigenvalue weighted by molar-refractivity contribution is 8.00. The van der Waals surface area contributed by atoms with Crippen molar-refractivity contribution in [2.45, 2.75) is 61.8 Å². The zero-order valence-corrected chi connectivity index (χ0v) is 13.2. The van der Waals surface area contributed by atoms with Crippen molar-refractivity contribution in [3.05, 3.63) is 29.8 Å². The second kappa shape index (κ2) is 6.19. The molecule has 110 valence electrons. The highest BCUT2D eigenvalue weighted by Gasteiger charge is 2.45. The number of benzene rings is 1. The fourth-order valence-corrected chi connectivity index (χ4v) is 4.32. The minimum absolute atomic E-state index is 0.189. The Morgan fingerprint density at radius 3 is 2.85 bits per heavy atom. The number of carbonyl (C=O) groups is 1. The molecule has 0 heterocycles. The average molecular weight is 293 g/mol. The van der Waals surface area contributed by atoms with Crippen molar-refractivity contribution in [3.8, 4) is 0 Å². The minimum Gasteiger partial charge on any atom is -0.480 e. The predicted molar refractivity (Wildman–Crippen MR) is 83.3 cm³/mol. The maximum absolute atomic E-state index is 11.6. The molecule has 0 saturated heterocycles. The van der Waals surface area contributed by atoms with Gasteiger partial charge < -0.3 is 5.11 Å². The van der Waals surface area contributed by atoms with Crippen LogP contribution >= 0.6 is 11.8 Å². The van der Waals surface area contributed by atoms with Gasteiger partial charge in [0.15, 0.2) is 0 Å². The van der Waals surface area contributed by atoms with E-state index in [-0.39, 0.29) is 6.04 Å². The Morgan fingerprint density at radius 2 is 2.25 bits per heavy atom. The molecule has 2 rings (SSSR count). The van der Waals surface area contributed by atoms with E-state index >= 15 is 0 Å². The van der Waals surface area contributed by atoms with Gasteiger partial charge in [0.05, 0.1) is 0 Å². The SMILES string of the molecule is Cc1cccc(SC2CCC(NC(C)C)(C(=O)O)C2)c1. The maximum Gasteiger partial charge on any atom is 0.323 e. The first-order valence-corrected chi connectivity index (χ1v) is 8.04. The monoisotopic (exact) mass is 293 g/mol. The van der Waals surface area contributed by atoms with Crippen molar-refractivity contribution < 1.29 is 9.90 Å². The fourth-order valence-electron chi connectivity index (χ4n) is 2.92. The van der Waals surface area contributed by atoms with Gasteiger partial charge in [-0.2, -0.15) is 0 Å². The highest BCUT2D eigenvalue weighted by Crippen LogP contribution is 2.40. The molecule has 2 atom stereocenters. The molecule has 0 aliphatic heterocycles. The van der Waals surface area contributed by atoms with E-state index in [0.717, 1.165) is 6.42 Å². The van der Waals surface area contributed by atoms with Crippen molar-refractivity contribution in [1.82, 2.24) is 5.32 Å². The molecule has 0 aromatic heterocycles. The lowest BCUT2D eigenvalue weighted by atomic mass is 9.97. The average Bonchev–Trinajstić information content (AvgIpc) is 2.72. The molecule has 1 aliphatic rings. The smallest absolute Gasteiger partial charge is 0.323 e. The van der Waals surface area contributed by atoms with Gasteiger partial charge in [0.2, 0.25) is 0 Å². The first-order chi connectivity index (χ1) is 9.41. The Morgan fingerprint density at radius 1 is 1.50 bits per heavy atom. The van der Waals surface area contributed by atoms with Crippen LogP contribution < -0.4 is 5.32 Å². The number of hydrogen-bond donors (Lipinski definition) is 2. The van der Waals surface area contributed by atoms with E-state index in [4.69, 9.17) is 0 Å². The molecule has 4 heteroatoms. The summed E-state index contributed by atoms with van der Waals surface area (Å²) in [7, 11) is 0. The third kappa shape index (κ3) is 3.55. The van der Waals surface area contributed by atoms with Gasteiger partial charge >= 0.3 is 5.97 Å². The topological polar surface area (TPSA) is 49.3 Å². The van der Waals surface area contributed by atoms with Crippen molar-refractivity contribution in [2.24, 2.45) is 0 Å². The largest absolute Gasteiger partial charge is 0.480 e. The summed E-state index contributed by atoms with van der Waals surface area (Å²) in [5.41, 5.74) is 0.508. The molecule has 0 spiro atoms. The van der Waals surface area contributed by atoms with E-state index < -0.39 is 11.5 Å². The first kappa shape index (κ1) is 15.4. The van der Waals surface area contributed by atoms with Gasteiger partial charge in [-0.1, -0.05) is 17.7 Å². The van der Waals surface area contributed by atoms with Crippen LogP contribution in [0.1, 0.15) is 38.7 Å². The summed E-state index contributed by atoms with van der Waals surface area (Å²) in [5.74, 6) is -0.710. The number of nitrogens with one attached hydrogen (secondary N) is 1. The Balaban J connectivity index is 2.05.